The van der Waals surface area contributed by atoms with Crippen LogP contribution in [0.25, 0.3) is 11.0 Å². The molecule has 0 unspecified atom stereocenters. The molecular formula is C27H32ClN7O3S. The number of sulfonamides is 1. The van der Waals surface area contributed by atoms with Crippen LogP contribution in [-0.2, 0) is 16.6 Å². The standard InChI is InChI=1S/C27H32ClN7O3S/c1-3-35-25-21(16-20(26(35)36)5-4-19-8-12-34(13-9-19)39(2,37)38)18-30-27(32-25)31-22-6-7-24(23(28)17-22)33-14-10-29-11-15-33/h6-7,16-19,29H,3,8-15H2,1-2H3,(H,30,31,32). The van der Waals surface area contributed by atoms with Gasteiger partial charge in [0.2, 0.25) is 16.0 Å². The van der Waals surface area contributed by atoms with Crippen LogP contribution in [0.1, 0.15) is 25.3 Å². The summed E-state index contributed by atoms with van der Waals surface area (Å²) in [5, 5.41) is 7.91. The Hall–Kier alpha value is -3.17. The van der Waals surface area contributed by atoms with Gasteiger partial charge in [-0.2, -0.15) is 4.98 Å². The van der Waals surface area contributed by atoms with Crippen molar-refractivity contribution in [3.8, 4) is 11.8 Å². The zero-order chi connectivity index (χ0) is 27.6. The number of pyridine rings is 1. The maximum absolute atomic E-state index is 13.2. The predicted octanol–water partition coefficient (Wildman–Crippen LogP) is 2.64. The van der Waals surface area contributed by atoms with Crippen LogP contribution in [0.5, 0.6) is 0 Å². The summed E-state index contributed by atoms with van der Waals surface area (Å²) in [6.07, 6.45) is 4.20. The smallest absolute Gasteiger partial charge is 0.267 e. The second-order valence-electron chi connectivity index (χ2n) is 9.81. The first-order chi connectivity index (χ1) is 18.7. The van der Waals surface area contributed by atoms with Crippen LogP contribution >= 0.6 is 11.6 Å². The van der Waals surface area contributed by atoms with E-state index in [0.29, 0.717) is 60.0 Å². The third-order valence-electron chi connectivity index (χ3n) is 7.14. The van der Waals surface area contributed by atoms with Gasteiger partial charge < -0.3 is 15.5 Å². The molecule has 0 aliphatic carbocycles. The highest BCUT2D eigenvalue weighted by atomic mass is 35.5. The Balaban J connectivity index is 1.36. The summed E-state index contributed by atoms with van der Waals surface area (Å²) in [6.45, 7) is 6.89. The summed E-state index contributed by atoms with van der Waals surface area (Å²) in [5.74, 6) is 6.65. The molecule has 39 heavy (non-hydrogen) atoms. The molecule has 206 valence electrons. The number of hydrogen-bond donors (Lipinski definition) is 2. The number of nitrogens with one attached hydrogen (secondary N) is 2. The van der Waals surface area contributed by atoms with Crippen molar-refractivity contribution in [1.82, 2.24) is 24.2 Å². The molecule has 4 heterocycles. The lowest BCUT2D eigenvalue weighted by atomic mass is 9.98. The van der Waals surface area contributed by atoms with Gasteiger partial charge in [0.15, 0.2) is 0 Å². The van der Waals surface area contributed by atoms with Crippen LogP contribution in [0.4, 0.5) is 17.3 Å². The first kappa shape index (κ1) is 27.4. The van der Waals surface area contributed by atoms with Gasteiger partial charge in [-0.1, -0.05) is 23.4 Å². The van der Waals surface area contributed by atoms with Crippen LogP contribution in [0.3, 0.4) is 0 Å². The quantitative estimate of drug-likeness (QED) is 0.451. The van der Waals surface area contributed by atoms with E-state index in [4.69, 9.17) is 11.6 Å². The number of hydrogen-bond acceptors (Lipinski definition) is 8. The summed E-state index contributed by atoms with van der Waals surface area (Å²) in [6, 6.07) is 7.53. The highest BCUT2D eigenvalue weighted by Gasteiger charge is 2.24. The van der Waals surface area contributed by atoms with Gasteiger partial charge in [-0.3, -0.25) is 9.36 Å². The summed E-state index contributed by atoms with van der Waals surface area (Å²) in [5.41, 5.74) is 2.45. The van der Waals surface area contributed by atoms with Crippen LogP contribution < -0.4 is 21.1 Å². The Bertz CT molecular complexity index is 1600. The fourth-order valence-electron chi connectivity index (χ4n) is 4.99. The first-order valence-corrected chi connectivity index (χ1v) is 15.3. The van der Waals surface area contributed by atoms with Gasteiger partial charge in [-0.15, -0.1) is 0 Å². The maximum atomic E-state index is 13.2. The molecule has 0 bridgehead atoms. The van der Waals surface area contributed by atoms with Gasteiger partial charge >= 0.3 is 0 Å². The number of piperazine rings is 1. The van der Waals surface area contributed by atoms with E-state index in [1.807, 2.05) is 25.1 Å². The highest BCUT2D eigenvalue weighted by Crippen LogP contribution is 2.30. The lowest BCUT2D eigenvalue weighted by molar-refractivity contribution is 0.313. The van der Waals surface area contributed by atoms with E-state index < -0.39 is 10.0 Å². The minimum absolute atomic E-state index is 0.0424. The first-order valence-electron chi connectivity index (χ1n) is 13.1. The summed E-state index contributed by atoms with van der Waals surface area (Å²) < 4.78 is 26.6. The summed E-state index contributed by atoms with van der Waals surface area (Å²) in [7, 11) is -3.19. The molecule has 10 nitrogen and oxygen atoms in total. The van der Waals surface area contributed by atoms with Gasteiger partial charge in [-0.05, 0) is 44.0 Å². The van der Waals surface area contributed by atoms with Crippen molar-refractivity contribution in [2.24, 2.45) is 5.92 Å². The number of aryl methyl sites for hydroxylation is 1. The minimum Gasteiger partial charge on any atom is -0.368 e. The van der Waals surface area contributed by atoms with Gasteiger partial charge in [0.1, 0.15) is 5.65 Å². The molecule has 5 rings (SSSR count). The van der Waals surface area contributed by atoms with E-state index in [-0.39, 0.29) is 11.5 Å². The molecule has 0 radical (unpaired) electrons. The zero-order valence-electron chi connectivity index (χ0n) is 22.1. The molecule has 2 aliphatic rings. The van der Waals surface area contributed by atoms with E-state index in [1.54, 1.807) is 16.8 Å². The van der Waals surface area contributed by atoms with Gasteiger partial charge in [0.05, 0.1) is 22.5 Å². The molecule has 0 spiro atoms. The van der Waals surface area contributed by atoms with E-state index in [0.717, 1.165) is 37.6 Å². The average Bonchev–Trinajstić information content (AvgIpc) is 2.92. The molecule has 0 saturated carbocycles. The lowest BCUT2D eigenvalue weighted by Gasteiger charge is -2.30. The van der Waals surface area contributed by atoms with Crippen molar-refractivity contribution in [2.75, 3.05) is 55.7 Å². The zero-order valence-corrected chi connectivity index (χ0v) is 23.6. The number of aromatic nitrogens is 3. The number of nitrogens with zero attached hydrogens (tertiary/aromatic N) is 5. The second-order valence-corrected chi connectivity index (χ2v) is 12.2. The summed E-state index contributed by atoms with van der Waals surface area (Å²) in [4.78, 5) is 24.6. The molecule has 2 fully saturated rings. The van der Waals surface area contributed by atoms with E-state index in [9.17, 15) is 13.2 Å². The molecule has 3 aromatic rings. The topological polar surface area (TPSA) is 112 Å². The lowest BCUT2D eigenvalue weighted by Crippen LogP contribution is -2.43. The van der Waals surface area contributed by atoms with E-state index in [2.05, 4.69) is 37.3 Å². The van der Waals surface area contributed by atoms with Crippen molar-refractivity contribution in [3.05, 3.63) is 51.4 Å². The van der Waals surface area contributed by atoms with Gasteiger partial charge in [0.25, 0.3) is 5.56 Å². The van der Waals surface area contributed by atoms with Crippen molar-refractivity contribution in [3.63, 3.8) is 0 Å². The molecule has 1 aromatic carbocycles. The molecule has 2 aromatic heterocycles. The highest BCUT2D eigenvalue weighted by molar-refractivity contribution is 7.88. The molecular weight excluding hydrogens is 538 g/mol. The van der Waals surface area contributed by atoms with Crippen LogP contribution in [-0.4, -0.2) is 72.8 Å². The molecule has 12 heteroatoms. The number of halogens is 1. The normalized spacial score (nSPS) is 17.2. The minimum atomic E-state index is -3.19. The Morgan fingerprint density at radius 1 is 1.15 bits per heavy atom. The molecule has 2 aliphatic heterocycles. The fraction of sp³-hybridized carbons (Fsp3) is 0.444. The monoisotopic (exact) mass is 569 g/mol. The van der Waals surface area contributed by atoms with Gasteiger partial charge in [0, 0.05) is 69.0 Å². The molecule has 2 saturated heterocycles. The fourth-order valence-corrected chi connectivity index (χ4v) is 6.16. The molecule has 0 atom stereocenters. The SMILES string of the molecule is CCn1c(=O)c(C#CC2CCN(S(C)(=O)=O)CC2)cc2cnc(Nc3ccc(N4CCNCC4)c(Cl)c3)nc21. The van der Waals surface area contributed by atoms with Crippen LogP contribution in [0.2, 0.25) is 5.02 Å². The third kappa shape index (κ3) is 6.20. The number of piperidine rings is 1. The van der Waals surface area contributed by atoms with Crippen molar-refractivity contribution in [2.45, 2.75) is 26.3 Å². The van der Waals surface area contributed by atoms with Crippen molar-refractivity contribution in [1.29, 1.82) is 0 Å². The summed E-state index contributed by atoms with van der Waals surface area (Å²) >= 11 is 6.59. The van der Waals surface area contributed by atoms with Crippen molar-refractivity contribution >= 4 is 50.0 Å². The Morgan fingerprint density at radius 3 is 2.56 bits per heavy atom. The number of benzene rings is 1. The Kier molecular flexibility index (Phi) is 8.09. The Labute approximate surface area is 233 Å². The van der Waals surface area contributed by atoms with Crippen LogP contribution in [0.15, 0.2) is 35.3 Å². The second kappa shape index (κ2) is 11.5. The maximum Gasteiger partial charge on any atom is 0.267 e. The largest absolute Gasteiger partial charge is 0.368 e. The van der Waals surface area contributed by atoms with E-state index >= 15 is 0 Å². The Morgan fingerprint density at radius 2 is 1.90 bits per heavy atom. The van der Waals surface area contributed by atoms with E-state index in [1.165, 1.54) is 10.6 Å². The number of anilines is 3. The molecule has 0 amide bonds. The average molecular weight is 570 g/mol. The van der Waals surface area contributed by atoms with Crippen molar-refractivity contribution < 1.29 is 8.42 Å². The predicted molar refractivity (Wildman–Crippen MR) is 155 cm³/mol. The third-order valence-corrected chi connectivity index (χ3v) is 8.74. The number of rotatable bonds is 5. The van der Waals surface area contributed by atoms with Gasteiger partial charge in [-0.25, -0.2) is 17.7 Å². The van der Waals surface area contributed by atoms with Crippen LogP contribution in [0, 0.1) is 17.8 Å². The molecule has 2 N–H and O–H groups in total. The number of fused-ring (bicyclic) bond motifs is 1.